The molecular weight excluding hydrogens is 635 g/mol. The van der Waals surface area contributed by atoms with Gasteiger partial charge in [0.15, 0.2) is 0 Å². The van der Waals surface area contributed by atoms with Crippen LogP contribution in [0.5, 0.6) is 0 Å². The molecule has 1 aliphatic carbocycles. The van der Waals surface area contributed by atoms with E-state index in [1.54, 1.807) is 0 Å². The first-order chi connectivity index (χ1) is 25.1. The number of benzene rings is 8. The molecule has 8 aromatic carbocycles. The Morgan fingerprint density at radius 3 is 1.96 bits per heavy atom. The maximum absolute atomic E-state index is 2.48. The van der Waals surface area contributed by atoms with E-state index in [4.69, 9.17) is 0 Å². The van der Waals surface area contributed by atoms with E-state index in [2.05, 4.69) is 195 Å². The van der Waals surface area contributed by atoms with Crippen LogP contribution in [0.25, 0.3) is 64.3 Å². The number of rotatable bonds is 5. The summed E-state index contributed by atoms with van der Waals surface area (Å²) in [7, 11) is 0. The van der Waals surface area contributed by atoms with Crippen LogP contribution in [0.3, 0.4) is 0 Å². The molecule has 10 rings (SSSR count). The van der Waals surface area contributed by atoms with Crippen LogP contribution >= 0.6 is 11.3 Å². The van der Waals surface area contributed by atoms with Gasteiger partial charge in [0.1, 0.15) is 0 Å². The third kappa shape index (κ3) is 4.60. The summed E-state index contributed by atoms with van der Waals surface area (Å²) in [5, 5.41) is 5.26. The van der Waals surface area contributed by atoms with Crippen LogP contribution in [-0.4, -0.2) is 0 Å². The van der Waals surface area contributed by atoms with Crippen molar-refractivity contribution >= 4 is 59.3 Å². The summed E-state index contributed by atoms with van der Waals surface area (Å²) in [6, 6.07) is 64.7. The molecule has 0 atom stereocenters. The summed E-state index contributed by atoms with van der Waals surface area (Å²) in [4.78, 5) is 2.48. The highest BCUT2D eigenvalue weighted by atomic mass is 32.1. The summed E-state index contributed by atoms with van der Waals surface area (Å²) in [6.45, 7) is 4.71. The molecule has 0 amide bonds. The van der Waals surface area contributed by atoms with Crippen molar-refractivity contribution in [3.63, 3.8) is 0 Å². The van der Waals surface area contributed by atoms with Gasteiger partial charge in [-0.05, 0) is 69.1 Å². The highest BCUT2D eigenvalue weighted by Crippen LogP contribution is 2.55. The summed E-state index contributed by atoms with van der Waals surface area (Å²) in [5.41, 5.74) is 13.6. The minimum atomic E-state index is -0.0945. The van der Waals surface area contributed by atoms with Crippen LogP contribution in [0.15, 0.2) is 176 Å². The van der Waals surface area contributed by atoms with Crippen molar-refractivity contribution in [2.45, 2.75) is 19.3 Å². The Morgan fingerprint density at radius 2 is 1.10 bits per heavy atom. The number of anilines is 3. The van der Waals surface area contributed by atoms with Crippen molar-refractivity contribution in [3.8, 4) is 33.4 Å². The molecule has 2 heteroatoms. The molecule has 1 heterocycles. The largest absolute Gasteiger partial charge is 0.309 e. The van der Waals surface area contributed by atoms with Gasteiger partial charge >= 0.3 is 0 Å². The monoisotopic (exact) mass is 669 g/mol. The van der Waals surface area contributed by atoms with Gasteiger partial charge in [-0.25, -0.2) is 0 Å². The zero-order chi connectivity index (χ0) is 34.1. The van der Waals surface area contributed by atoms with E-state index in [0.29, 0.717) is 0 Å². The molecule has 0 spiro atoms. The molecule has 0 saturated carbocycles. The van der Waals surface area contributed by atoms with E-state index in [1.807, 2.05) is 11.3 Å². The molecule has 0 unspecified atom stereocenters. The topological polar surface area (TPSA) is 3.24 Å². The van der Waals surface area contributed by atoms with E-state index < -0.39 is 0 Å². The van der Waals surface area contributed by atoms with Gasteiger partial charge in [-0.15, -0.1) is 11.3 Å². The van der Waals surface area contributed by atoms with Gasteiger partial charge in [-0.3, -0.25) is 0 Å². The fourth-order valence-electron chi connectivity index (χ4n) is 8.44. The predicted octanol–water partition coefficient (Wildman–Crippen LogP) is 14.3. The number of para-hydroxylation sites is 1. The number of nitrogens with zero attached hydrogens (tertiary/aromatic N) is 1. The van der Waals surface area contributed by atoms with E-state index >= 15 is 0 Å². The SMILES string of the molecule is CC1(C)c2ccccc2-c2c(N(c3ccc(-c4cccc5ccc6c7ccccc7sc6c45)cc3)c3ccccc3-c3ccccc3)cccc21. The van der Waals surface area contributed by atoms with Crippen molar-refractivity contribution in [1.29, 1.82) is 0 Å². The van der Waals surface area contributed by atoms with Gasteiger partial charge in [-0.2, -0.15) is 0 Å². The van der Waals surface area contributed by atoms with E-state index in [9.17, 15) is 0 Å². The summed E-state index contributed by atoms with van der Waals surface area (Å²) in [6.07, 6.45) is 0. The zero-order valence-electron chi connectivity index (χ0n) is 28.6. The Bertz CT molecular complexity index is 2770. The standard InChI is InChI=1S/C49H35NS/c1-49(2)41-21-9-6-19-40(41)47-42(49)22-13-24-44(47)50(43-23-10-7-17-36(43)32-14-4-3-5-15-32)35-29-26-33(27-30-35)37-20-12-16-34-28-31-39-38-18-8-11-25-45(38)51-48(39)46(34)37/h3-31H,1-2H3. The normalized spacial score (nSPS) is 13.1. The van der Waals surface area contributed by atoms with E-state index in [0.717, 1.165) is 11.4 Å². The first-order valence-corrected chi connectivity index (χ1v) is 18.5. The lowest BCUT2D eigenvalue weighted by Gasteiger charge is -2.30. The molecular formula is C49H35NS. The van der Waals surface area contributed by atoms with Crippen molar-refractivity contribution < 1.29 is 0 Å². The number of thiophene rings is 1. The lowest BCUT2D eigenvalue weighted by Crippen LogP contribution is -2.16. The molecule has 1 aromatic heterocycles. The van der Waals surface area contributed by atoms with Gasteiger partial charge in [0.2, 0.25) is 0 Å². The summed E-state index contributed by atoms with van der Waals surface area (Å²) in [5.74, 6) is 0. The van der Waals surface area contributed by atoms with Gasteiger partial charge in [-0.1, -0.05) is 159 Å². The maximum Gasteiger partial charge on any atom is 0.0543 e. The third-order valence-corrected chi connectivity index (χ3v) is 12.1. The molecule has 9 aromatic rings. The fraction of sp³-hybridized carbons (Fsp3) is 0.0612. The average molecular weight is 670 g/mol. The van der Waals surface area contributed by atoms with E-state index in [-0.39, 0.29) is 5.41 Å². The Hall–Kier alpha value is -5.96. The van der Waals surface area contributed by atoms with Gasteiger partial charge in [0.25, 0.3) is 0 Å². The third-order valence-electron chi connectivity index (χ3n) is 10.9. The lowest BCUT2D eigenvalue weighted by atomic mass is 9.82. The second-order valence-corrected chi connectivity index (χ2v) is 15.1. The molecule has 1 nitrogen and oxygen atoms in total. The van der Waals surface area contributed by atoms with Crippen molar-refractivity contribution in [2.24, 2.45) is 0 Å². The van der Waals surface area contributed by atoms with Crippen LogP contribution in [0.2, 0.25) is 0 Å². The van der Waals surface area contributed by atoms with Gasteiger partial charge in [0, 0.05) is 47.8 Å². The second-order valence-electron chi connectivity index (χ2n) is 14.1. The minimum Gasteiger partial charge on any atom is -0.309 e. The van der Waals surface area contributed by atoms with Crippen molar-refractivity contribution in [3.05, 3.63) is 187 Å². The van der Waals surface area contributed by atoms with Crippen LogP contribution < -0.4 is 4.90 Å². The smallest absolute Gasteiger partial charge is 0.0543 e. The molecule has 0 saturated heterocycles. The fourth-order valence-corrected chi connectivity index (χ4v) is 9.72. The highest BCUT2D eigenvalue weighted by molar-refractivity contribution is 7.26. The maximum atomic E-state index is 2.48. The zero-order valence-corrected chi connectivity index (χ0v) is 29.4. The predicted molar refractivity (Wildman–Crippen MR) is 220 cm³/mol. The minimum absolute atomic E-state index is 0.0945. The number of hydrogen-bond donors (Lipinski definition) is 0. The molecule has 0 aliphatic heterocycles. The first kappa shape index (κ1) is 29.9. The van der Waals surface area contributed by atoms with Gasteiger partial charge in [0.05, 0.1) is 11.4 Å². The quantitative estimate of drug-likeness (QED) is 0.176. The molecule has 242 valence electrons. The van der Waals surface area contributed by atoms with Crippen molar-refractivity contribution in [2.75, 3.05) is 4.90 Å². The molecule has 1 aliphatic rings. The lowest BCUT2D eigenvalue weighted by molar-refractivity contribution is 0.660. The molecule has 0 N–H and O–H groups in total. The Kier molecular flexibility index (Phi) is 6.78. The van der Waals surface area contributed by atoms with Crippen LogP contribution in [-0.2, 0) is 5.41 Å². The average Bonchev–Trinajstić information content (AvgIpc) is 3.68. The molecule has 0 radical (unpaired) electrons. The Labute approximate surface area is 302 Å². The van der Waals surface area contributed by atoms with Crippen LogP contribution in [0, 0.1) is 0 Å². The number of hydrogen-bond acceptors (Lipinski definition) is 2. The first-order valence-electron chi connectivity index (χ1n) is 17.7. The van der Waals surface area contributed by atoms with Gasteiger partial charge < -0.3 is 4.90 Å². The second kappa shape index (κ2) is 11.6. The Balaban J connectivity index is 1.19. The highest BCUT2D eigenvalue weighted by Gasteiger charge is 2.37. The van der Waals surface area contributed by atoms with Crippen LogP contribution in [0.4, 0.5) is 17.1 Å². The molecule has 0 bridgehead atoms. The molecule has 0 fully saturated rings. The van der Waals surface area contributed by atoms with Crippen LogP contribution in [0.1, 0.15) is 25.0 Å². The molecule has 51 heavy (non-hydrogen) atoms. The number of fused-ring (bicyclic) bond motifs is 8. The summed E-state index contributed by atoms with van der Waals surface area (Å²) >= 11 is 1.90. The Morgan fingerprint density at radius 1 is 0.451 bits per heavy atom. The summed E-state index contributed by atoms with van der Waals surface area (Å²) < 4.78 is 2.69. The van der Waals surface area contributed by atoms with Crippen molar-refractivity contribution in [1.82, 2.24) is 0 Å². The van der Waals surface area contributed by atoms with E-state index in [1.165, 1.54) is 81.1 Å².